The van der Waals surface area contributed by atoms with Crippen LogP contribution in [0.5, 0.6) is 0 Å². The van der Waals surface area contributed by atoms with Crippen LogP contribution in [0.4, 0.5) is 0 Å². The summed E-state index contributed by atoms with van der Waals surface area (Å²) < 4.78 is 2.77. The second-order valence-corrected chi connectivity index (χ2v) is 8.04. The first-order valence-corrected chi connectivity index (χ1v) is 9.39. The Balaban J connectivity index is 2.30. The van der Waals surface area contributed by atoms with Gasteiger partial charge in [-0.2, -0.15) is 0 Å². The van der Waals surface area contributed by atoms with Gasteiger partial charge in [-0.3, -0.25) is 9.36 Å². The molecule has 0 unspecified atom stereocenters. The number of benzene rings is 1. The van der Waals surface area contributed by atoms with Crippen LogP contribution in [0, 0.1) is 5.92 Å². The molecule has 0 amide bonds. The Labute approximate surface area is 148 Å². The molecule has 0 atom stereocenters. The SMILES string of the molecule is CCc1sc2ncn(CC(C)C)c(=O)c2c1-c1ccc(Br)cc1. The van der Waals surface area contributed by atoms with Crippen LogP contribution in [0.2, 0.25) is 0 Å². The molecule has 5 heteroatoms. The molecule has 0 aliphatic rings. The van der Waals surface area contributed by atoms with E-state index in [4.69, 9.17) is 0 Å². The summed E-state index contributed by atoms with van der Waals surface area (Å²) in [5, 5.41) is 0.761. The smallest absolute Gasteiger partial charge is 0.262 e. The van der Waals surface area contributed by atoms with Crippen molar-refractivity contribution in [3.05, 3.63) is 50.3 Å². The van der Waals surface area contributed by atoms with Crippen molar-refractivity contribution in [3.8, 4) is 11.1 Å². The van der Waals surface area contributed by atoms with E-state index in [2.05, 4.69) is 53.8 Å². The summed E-state index contributed by atoms with van der Waals surface area (Å²) >= 11 is 5.10. The summed E-state index contributed by atoms with van der Waals surface area (Å²) in [6.45, 7) is 7.04. The van der Waals surface area contributed by atoms with Gasteiger partial charge in [0.2, 0.25) is 0 Å². The third-order valence-corrected chi connectivity index (χ3v) is 5.54. The first-order valence-electron chi connectivity index (χ1n) is 7.78. The molecular weight excluding hydrogens is 372 g/mol. The summed E-state index contributed by atoms with van der Waals surface area (Å²) in [5.74, 6) is 0.410. The monoisotopic (exact) mass is 390 g/mol. The maximum absolute atomic E-state index is 13.0. The lowest BCUT2D eigenvalue weighted by Crippen LogP contribution is -2.22. The molecule has 0 N–H and O–H groups in total. The van der Waals surface area contributed by atoms with E-state index in [-0.39, 0.29) is 5.56 Å². The molecule has 3 aromatic rings. The van der Waals surface area contributed by atoms with Gasteiger partial charge in [-0.25, -0.2) is 4.98 Å². The number of rotatable bonds is 4. The molecule has 3 nitrogen and oxygen atoms in total. The molecule has 0 aliphatic carbocycles. The minimum Gasteiger partial charge on any atom is -0.298 e. The van der Waals surface area contributed by atoms with Crippen LogP contribution >= 0.6 is 27.3 Å². The number of hydrogen-bond acceptors (Lipinski definition) is 3. The number of aryl methyl sites for hydroxylation is 1. The van der Waals surface area contributed by atoms with Crippen LogP contribution < -0.4 is 5.56 Å². The van der Waals surface area contributed by atoms with Gasteiger partial charge in [0.05, 0.1) is 11.7 Å². The van der Waals surface area contributed by atoms with Crippen LogP contribution in [-0.4, -0.2) is 9.55 Å². The van der Waals surface area contributed by atoms with Gasteiger partial charge in [0.15, 0.2) is 0 Å². The normalized spacial score (nSPS) is 11.5. The van der Waals surface area contributed by atoms with Crippen LogP contribution in [0.3, 0.4) is 0 Å². The quantitative estimate of drug-likeness (QED) is 0.620. The van der Waals surface area contributed by atoms with E-state index in [1.165, 1.54) is 4.88 Å². The van der Waals surface area contributed by atoms with Gasteiger partial charge in [-0.1, -0.05) is 48.8 Å². The molecule has 2 aromatic heterocycles. The number of thiophene rings is 1. The maximum Gasteiger partial charge on any atom is 0.262 e. The lowest BCUT2D eigenvalue weighted by molar-refractivity contribution is 0.508. The first kappa shape index (κ1) is 16.4. The molecule has 0 saturated heterocycles. The van der Waals surface area contributed by atoms with Crippen LogP contribution in [0.1, 0.15) is 25.6 Å². The third kappa shape index (κ3) is 3.12. The lowest BCUT2D eigenvalue weighted by Gasteiger charge is -2.09. The molecule has 2 heterocycles. The summed E-state index contributed by atoms with van der Waals surface area (Å²) in [6, 6.07) is 8.15. The Morgan fingerprint density at radius 2 is 1.96 bits per heavy atom. The second-order valence-electron chi connectivity index (χ2n) is 6.04. The summed E-state index contributed by atoms with van der Waals surface area (Å²) in [4.78, 5) is 19.6. The van der Waals surface area contributed by atoms with Gasteiger partial charge in [-0.15, -0.1) is 11.3 Å². The van der Waals surface area contributed by atoms with Gasteiger partial charge in [-0.05, 0) is 30.0 Å². The van der Waals surface area contributed by atoms with Crippen molar-refractivity contribution in [2.75, 3.05) is 0 Å². The van der Waals surface area contributed by atoms with E-state index in [0.29, 0.717) is 12.5 Å². The number of hydrogen-bond donors (Lipinski definition) is 0. The molecular formula is C18H19BrN2OS. The Bertz CT molecular complexity index is 894. The van der Waals surface area contributed by atoms with Gasteiger partial charge in [0.1, 0.15) is 4.83 Å². The largest absolute Gasteiger partial charge is 0.298 e. The molecule has 3 rings (SSSR count). The molecule has 0 fully saturated rings. The number of aromatic nitrogens is 2. The summed E-state index contributed by atoms with van der Waals surface area (Å²) in [5.41, 5.74) is 2.20. The standard InChI is InChI=1S/C18H19BrN2OS/c1-4-14-15(12-5-7-13(19)8-6-12)16-17(23-14)20-10-21(18(16)22)9-11(2)3/h5-8,10-11H,4,9H2,1-3H3. The van der Waals surface area contributed by atoms with Crippen molar-refractivity contribution in [2.24, 2.45) is 5.92 Å². The average Bonchev–Trinajstić information content (AvgIpc) is 2.90. The predicted molar refractivity (Wildman–Crippen MR) is 101 cm³/mol. The molecule has 0 bridgehead atoms. The van der Waals surface area contributed by atoms with Crippen molar-refractivity contribution in [3.63, 3.8) is 0 Å². The van der Waals surface area contributed by atoms with E-state index >= 15 is 0 Å². The molecule has 0 spiro atoms. The fourth-order valence-corrected chi connectivity index (χ4v) is 4.12. The molecule has 0 radical (unpaired) electrons. The zero-order chi connectivity index (χ0) is 16.6. The topological polar surface area (TPSA) is 34.9 Å². The zero-order valence-electron chi connectivity index (χ0n) is 13.5. The maximum atomic E-state index is 13.0. The van der Waals surface area contributed by atoms with Crippen LogP contribution in [-0.2, 0) is 13.0 Å². The van der Waals surface area contributed by atoms with E-state index in [1.807, 2.05) is 12.1 Å². The molecule has 0 aliphatic heterocycles. The minimum absolute atomic E-state index is 0.0672. The van der Waals surface area contributed by atoms with E-state index < -0.39 is 0 Å². The minimum atomic E-state index is 0.0672. The highest BCUT2D eigenvalue weighted by atomic mass is 79.9. The second kappa shape index (κ2) is 6.57. The van der Waals surface area contributed by atoms with Gasteiger partial charge in [0, 0.05) is 21.5 Å². The number of nitrogens with zero attached hydrogens (tertiary/aromatic N) is 2. The fourth-order valence-electron chi connectivity index (χ4n) is 2.77. The Hall–Kier alpha value is -1.46. The highest BCUT2D eigenvalue weighted by molar-refractivity contribution is 9.10. The number of halogens is 1. The molecule has 0 saturated carbocycles. The van der Waals surface area contributed by atoms with Gasteiger partial charge in [0.25, 0.3) is 5.56 Å². The van der Waals surface area contributed by atoms with Gasteiger partial charge < -0.3 is 0 Å². The van der Waals surface area contributed by atoms with Gasteiger partial charge >= 0.3 is 0 Å². The van der Waals surface area contributed by atoms with E-state index in [1.54, 1.807) is 22.2 Å². The Morgan fingerprint density at radius 3 is 2.57 bits per heavy atom. The summed E-state index contributed by atoms with van der Waals surface area (Å²) in [7, 11) is 0. The van der Waals surface area contributed by atoms with Crippen molar-refractivity contribution in [1.29, 1.82) is 0 Å². The molecule has 23 heavy (non-hydrogen) atoms. The zero-order valence-corrected chi connectivity index (χ0v) is 15.9. The third-order valence-electron chi connectivity index (χ3n) is 3.77. The highest BCUT2D eigenvalue weighted by Crippen LogP contribution is 2.36. The first-order chi connectivity index (χ1) is 11.0. The summed E-state index contributed by atoms with van der Waals surface area (Å²) in [6.07, 6.45) is 2.59. The van der Waals surface area contributed by atoms with Crippen LogP contribution in [0.15, 0.2) is 39.9 Å². The van der Waals surface area contributed by atoms with Crippen molar-refractivity contribution in [2.45, 2.75) is 33.7 Å². The average molecular weight is 391 g/mol. The van der Waals surface area contributed by atoms with Crippen LogP contribution in [0.25, 0.3) is 21.3 Å². The predicted octanol–water partition coefficient (Wildman–Crippen LogP) is 5.11. The molecule has 1 aromatic carbocycles. The van der Waals surface area contributed by atoms with Crippen molar-refractivity contribution >= 4 is 37.5 Å². The van der Waals surface area contributed by atoms with Crippen molar-refractivity contribution < 1.29 is 0 Å². The highest BCUT2D eigenvalue weighted by Gasteiger charge is 2.18. The van der Waals surface area contributed by atoms with E-state index in [9.17, 15) is 4.79 Å². The lowest BCUT2D eigenvalue weighted by atomic mass is 10.0. The molecule has 120 valence electrons. The Kier molecular flexibility index (Phi) is 4.69. The fraction of sp³-hybridized carbons (Fsp3) is 0.333. The Morgan fingerprint density at radius 1 is 1.26 bits per heavy atom. The van der Waals surface area contributed by atoms with E-state index in [0.717, 1.165) is 32.2 Å². The van der Waals surface area contributed by atoms with Crippen molar-refractivity contribution in [1.82, 2.24) is 9.55 Å². The number of fused-ring (bicyclic) bond motifs is 1.